The number of morpholine rings is 1. The Bertz CT molecular complexity index is 816. The summed E-state index contributed by atoms with van der Waals surface area (Å²) in [5, 5.41) is 3.07. The zero-order chi connectivity index (χ0) is 17.2. The van der Waals surface area contributed by atoms with Crippen LogP contribution in [0.1, 0.15) is 5.82 Å². The molecule has 0 unspecified atom stereocenters. The first-order chi connectivity index (χ1) is 11.5. The number of sulfonamides is 1. The summed E-state index contributed by atoms with van der Waals surface area (Å²) in [5.74, 6) is 0.0287. The molecule has 7 nitrogen and oxygen atoms in total. The van der Waals surface area contributed by atoms with E-state index in [2.05, 4.69) is 10.3 Å². The third-order valence-electron chi connectivity index (χ3n) is 3.89. The number of aryl methyl sites for hydroxylation is 1. The van der Waals surface area contributed by atoms with Crippen molar-refractivity contribution in [2.45, 2.75) is 11.4 Å². The minimum absolute atomic E-state index is 0.229. The topological polar surface area (TPSA) is 76.5 Å². The predicted molar refractivity (Wildman–Crippen MR) is 86.5 cm³/mol. The van der Waals surface area contributed by atoms with Gasteiger partial charge in [-0.1, -0.05) is 0 Å². The minimum atomic E-state index is -3.88. The molecule has 1 saturated heterocycles. The summed E-state index contributed by atoms with van der Waals surface area (Å²) in [7, 11) is -2.01. The first-order valence-corrected chi connectivity index (χ1v) is 9.00. The van der Waals surface area contributed by atoms with Crippen molar-refractivity contribution >= 4 is 15.7 Å². The van der Waals surface area contributed by atoms with Crippen LogP contribution < -0.4 is 5.32 Å². The average molecular weight is 354 g/mol. The summed E-state index contributed by atoms with van der Waals surface area (Å²) in [6.45, 7) is 1.50. The molecule has 1 fully saturated rings. The molecule has 0 radical (unpaired) electrons. The van der Waals surface area contributed by atoms with Gasteiger partial charge in [-0.2, -0.15) is 4.31 Å². The van der Waals surface area contributed by atoms with Crippen LogP contribution in [-0.2, 0) is 28.4 Å². The van der Waals surface area contributed by atoms with E-state index in [1.807, 2.05) is 17.8 Å². The molecule has 0 atom stereocenters. The summed E-state index contributed by atoms with van der Waals surface area (Å²) >= 11 is 0. The van der Waals surface area contributed by atoms with Crippen LogP contribution in [0.4, 0.5) is 10.1 Å². The molecule has 24 heavy (non-hydrogen) atoms. The average Bonchev–Trinajstić information content (AvgIpc) is 3.00. The molecular formula is C15H19FN4O3S. The van der Waals surface area contributed by atoms with Gasteiger partial charge >= 0.3 is 0 Å². The van der Waals surface area contributed by atoms with E-state index in [0.29, 0.717) is 25.4 Å². The Morgan fingerprint density at radius 3 is 2.75 bits per heavy atom. The van der Waals surface area contributed by atoms with Gasteiger partial charge in [-0.05, 0) is 18.2 Å². The molecule has 1 aliphatic heterocycles. The van der Waals surface area contributed by atoms with Gasteiger partial charge in [0.05, 0.1) is 19.8 Å². The van der Waals surface area contributed by atoms with Gasteiger partial charge < -0.3 is 14.6 Å². The maximum Gasteiger partial charge on any atom is 0.246 e. The monoisotopic (exact) mass is 354 g/mol. The van der Waals surface area contributed by atoms with Crippen molar-refractivity contribution in [1.29, 1.82) is 0 Å². The smallest absolute Gasteiger partial charge is 0.246 e. The summed E-state index contributed by atoms with van der Waals surface area (Å²) in [6, 6.07) is 3.99. The lowest BCUT2D eigenvalue weighted by Crippen LogP contribution is -2.40. The molecule has 1 aromatic carbocycles. The van der Waals surface area contributed by atoms with Gasteiger partial charge in [0.25, 0.3) is 0 Å². The van der Waals surface area contributed by atoms with E-state index >= 15 is 0 Å². The number of nitrogens with one attached hydrogen (secondary N) is 1. The van der Waals surface area contributed by atoms with Gasteiger partial charge in [0.2, 0.25) is 10.0 Å². The standard InChI is InChI=1S/C15H19FN4O3S/c1-19-5-4-17-15(19)11-18-12-2-3-13(16)14(10-12)24(21,22)20-6-8-23-9-7-20/h2-5,10,18H,6-9,11H2,1H3. The van der Waals surface area contributed by atoms with Crippen LogP contribution in [0.15, 0.2) is 35.5 Å². The number of anilines is 1. The highest BCUT2D eigenvalue weighted by molar-refractivity contribution is 7.89. The molecule has 0 spiro atoms. The highest BCUT2D eigenvalue weighted by Crippen LogP contribution is 2.24. The predicted octanol–water partition coefficient (Wildman–Crippen LogP) is 1.19. The molecule has 0 amide bonds. The number of benzene rings is 1. The maximum absolute atomic E-state index is 14.1. The number of hydrogen-bond acceptors (Lipinski definition) is 5. The number of nitrogens with zero attached hydrogens (tertiary/aromatic N) is 3. The first-order valence-electron chi connectivity index (χ1n) is 7.56. The highest BCUT2D eigenvalue weighted by Gasteiger charge is 2.29. The van der Waals surface area contributed by atoms with Crippen LogP contribution in [0.25, 0.3) is 0 Å². The van der Waals surface area contributed by atoms with Crippen molar-refractivity contribution in [2.24, 2.45) is 7.05 Å². The molecule has 9 heteroatoms. The zero-order valence-electron chi connectivity index (χ0n) is 13.3. The van der Waals surface area contributed by atoms with E-state index in [0.717, 1.165) is 11.9 Å². The van der Waals surface area contributed by atoms with E-state index in [1.165, 1.54) is 16.4 Å². The highest BCUT2D eigenvalue weighted by atomic mass is 32.2. The summed E-state index contributed by atoms with van der Waals surface area (Å²) < 4.78 is 47.6. The lowest BCUT2D eigenvalue weighted by molar-refractivity contribution is 0.0729. The largest absolute Gasteiger partial charge is 0.379 e. The van der Waals surface area contributed by atoms with E-state index in [4.69, 9.17) is 4.74 Å². The maximum atomic E-state index is 14.1. The summed E-state index contributed by atoms with van der Waals surface area (Å²) in [4.78, 5) is 3.85. The Kier molecular flexibility index (Phi) is 4.83. The van der Waals surface area contributed by atoms with Crippen molar-refractivity contribution in [3.05, 3.63) is 42.2 Å². The second kappa shape index (κ2) is 6.88. The molecular weight excluding hydrogens is 335 g/mol. The molecule has 130 valence electrons. The van der Waals surface area contributed by atoms with Crippen LogP contribution in [0, 0.1) is 5.82 Å². The van der Waals surface area contributed by atoms with Crippen molar-refractivity contribution < 1.29 is 17.5 Å². The quantitative estimate of drug-likeness (QED) is 0.873. The second-order valence-electron chi connectivity index (χ2n) is 5.47. The number of halogens is 1. The van der Waals surface area contributed by atoms with Gasteiger partial charge in [-0.3, -0.25) is 0 Å². The van der Waals surface area contributed by atoms with Crippen molar-refractivity contribution in [1.82, 2.24) is 13.9 Å². The lowest BCUT2D eigenvalue weighted by Gasteiger charge is -2.26. The van der Waals surface area contributed by atoms with Crippen LogP contribution in [0.3, 0.4) is 0 Å². The molecule has 1 aromatic heterocycles. The molecule has 0 aliphatic carbocycles. The van der Waals surface area contributed by atoms with Crippen molar-refractivity contribution in [2.75, 3.05) is 31.6 Å². The zero-order valence-corrected chi connectivity index (χ0v) is 14.1. The van der Waals surface area contributed by atoms with Crippen LogP contribution in [-0.4, -0.2) is 48.6 Å². The molecule has 1 aliphatic rings. The Hall–Kier alpha value is -1.97. The molecule has 2 heterocycles. The number of hydrogen-bond donors (Lipinski definition) is 1. The fourth-order valence-corrected chi connectivity index (χ4v) is 3.98. The SMILES string of the molecule is Cn1ccnc1CNc1ccc(F)c(S(=O)(=O)N2CCOCC2)c1. The van der Waals surface area contributed by atoms with Gasteiger partial charge in [-0.15, -0.1) is 0 Å². The third kappa shape index (κ3) is 3.42. The van der Waals surface area contributed by atoms with Crippen LogP contribution >= 0.6 is 0 Å². The van der Waals surface area contributed by atoms with E-state index < -0.39 is 15.8 Å². The molecule has 0 saturated carbocycles. The third-order valence-corrected chi connectivity index (χ3v) is 5.80. The second-order valence-corrected chi connectivity index (χ2v) is 7.38. The fourth-order valence-electron chi connectivity index (χ4n) is 2.48. The van der Waals surface area contributed by atoms with Gasteiger partial charge in [0.15, 0.2) is 0 Å². The van der Waals surface area contributed by atoms with E-state index in [9.17, 15) is 12.8 Å². The van der Waals surface area contributed by atoms with Gasteiger partial charge in [0.1, 0.15) is 16.5 Å². The van der Waals surface area contributed by atoms with Crippen LogP contribution in [0.2, 0.25) is 0 Å². The number of aromatic nitrogens is 2. The van der Waals surface area contributed by atoms with Gasteiger partial charge in [-0.25, -0.2) is 17.8 Å². The number of ether oxygens (including phenoxy) is 1. The Morgan fingerprint density at radius 2 is 2.08 bits per heavy atom. The molecule has 3 rings (SSSR count). The molecule has 0 bridgehead atoms. The summed E-state index contributed by atoms with van der Waals surface area (Å²) in [5.41, 5.74) is 0.520. The summed E-state index contributed by atoms with van der Waals surface area (Å²) in [6.07, 6.45) is 3.49. The van der Waals surface area contributed by atoms with Gasteiger partial charge in [0, 0.05) is 38.2 Å². The normalized spacial score (nSPS) is 16.2. The fraction of sp³-hybridized carbons (Fsp3) is 0.400. The number of rotatable bonds is 5. The van der Waals surface area contributed by atoms with Crippen LogP contribution in [0.5, 0.6) is 0 Å². The minimum Gasteiger partial charge on any atom is -0.379 e. The molecule has 1 N–H and O–H groups in total. The molecule has 2 aromatic rings. The number of imidazole rings is 1. The van der Waals surface area contributed by atoms with Crippen molar-refractivity contribution in [3.8, 4) is 0 Å². The van der Waals surface area contributed by atoms with E-state index in [1.54, 1.807) is 6.20 Å². The lowest BCUT2D eigenvalue weighted by atomic mass is 10.3. The Labute approximate surface area is 140 Å². The van der Waals surface area contributed by atoms with Crippen molar-refractivity contribution in [3.63, 3.8) is 0 Å². The van der Waals surface area contributed by atoms with E-state index in [-0.39, 0.29) is 18.0 Å². The Morgan fingerprint density at radius 1 is 1.33 bits per heavy atom. The first kappa shape index (κ1) is 16.9. The Balaban J connectivity index is 1.82.